The average molecular weight is 426 g/mol. The minimum atomic E-state index is 0. The van der Waals surface area contributed by atoms with Crippen LogP contribution in [0, 0.1) is 6.92 Å². The number of nitrogens with zero attached hydrogens (tertiary/aromatic N) is 4. The SMILES string of the molecule is Cc1nccn1-c1ccc(CN=C(N)NC2CCCC2)cn1.I. The Balaban J connectivity index is 0.00000192. The normalized spacial score (nSPS) is 15.4. The fourth-order valence-electron chi connectivity index (χ4n) is 2.77. The number of rotatable bonds is 4. The molecule has 6 nitrogen and oxygen atoms in total. The van der Waals surface area contributed by atoms with Crippen LogP contribution >= 0.6 is 24.0 Å². The minimum Gasteiger partial charge on any atom is -0.370 e. The number of halogens is 1. The van der Waals surface area contributed by atoms with Crippen molar-refractivity contribution >= 4 is 29.9 Å². The molecule has 1 aliphatic carbocycles. The first-order chi connectivity index (χ1) is 10.7. The molecule has 2 heterocycles. The van der Waals surface area contributed by atoms with Gasteiger partial charge in [0.05, 0.1) is 6.54 Å². The maximum Gasteiger partial charge on any atom is 0.189 e. The van der Waals surface area contributed by atoms with E-state index >= 15 is 0 Å². The van der Waals surface area contributed by atoms with Gasteiger partial charge in [-0.05, 0) is 31.4 Å². The van der Waals surface area contributed by atoms with Crippen molar-refractivity contribution in [3.63, 3.8) is 0 Å². The zero-order valence-electron chi connectivity index (χ0n) is 13.3. The van der Waals surface area contributed by atoms with Gasteiger partial charge in [-0.2, -0.15) is 0 Å². The van der Waals surface area contributed by atoms with Gasteiger partial charge in [-0.15, -0.1) is 24.0 Å². The third-order valence-corrected chi connectivity index (χ3v) is 4.02. The van der Waals surface area contributed by atoms with Crippen molar-refractivity contribution in [1.29, 1.82) is 0 Å². The number of hydrogen-bond donors (Lipinski definition) is 2. The van der Waals surface area contributed by atoms with Crippen molar-refractivity contribution in [2.24, 2.45) is 10.7 Å². The Morgan fingerprint density at radius 3 is 2.74 bits per heavy atom. The smallest absolute Gasteiger partial charge is 0.189 e. The van der Waals surface area contributed by atoms with Crippen molar-refractivity contribution in [1.82, 2.24) is 19.9 Å². The van der Waals surface area contributed by atoms with Crippen LogP contribution in [0.3, 0.4) is 0 Å². The van der Waals surface area contributed by atoms with Crippen LogP contribution in [-0.2, 0) is 6.54 Å². The number of nitrogens with one attached hydrogen (secondary N) is 1. The van der Waals surface area contributed by atoms with E-state index in [1.54, 1.807) is 6.20 Å². The highest BCUT2D eigenvalue weighted by Gasteiger charge is 2.14. The molecule has 0 aliphatic heterocycles. The summed E-state index contributed by atoms with van der Waals surface area (Å²) in [6.45, 7) is 2.50. The number of aliphatic imine (C=N–C) groups is 1. The summed E-state index contributed by atoms with van der Waals surface area (Å²) in [5.41, 5.74) is 6.97. The molecule has 7 heteroatoms. The predicted octanol–water partition coefficient (Wildman–Crippen LogP) is 2.54. The minimum absolute atomic E-state index is 0. The molecule has 0 spiro atoms. The van der Waals surface area contributed by atoms with Gasteiger partial charge >= 0.3 is 0 Å². The van der Waals surface area contributed by atoms with E-state index in [1.165, 1.54) is 25.7 Å². The maximum atomic E-state index is 5.93. The van der Waals surface area contributed by atoms with E-state index < -0.39 is 0 Å². The third-order valence-electron chi connectivity index (χ3n) is 4.02. The van der Waals surface area contributed by atoms with E-state index in [0.717, 1.165) is 17.2 Å². The first kappa shape index (κ1) is 17.7. The fourth-order valence-corrected chi connectivity index (χ4v) is 2.77. The first-order valence-corrected chi connectivity index (χ1v) is 7.74. The van der Waals surface area contributed by atoms with Gasteiger partial charge < -0.3 is 11.1 Å². The van der Waals surface area contributed by atoms with Crippen LogP contribution in [0.25, 0.3) is 5.82 Å². The Labute approximate surface area is 153 Å². The highest BCUT2D eigenvalue weighted by Crippen LogP contribution is 2.17. The molecule has 0 unspecified atom stereocenters. The molecule has 23 heavy (non-hydrogen) atoms. The number of imidazole rings is 1. The van der Waals surface area contributed by atoms with Gasteiger partial charge in [-0.1, -0.05) is 18.9 Å². The second kappa shape index (κ2) is 8.28. The monoisotopic (exact) mass is 426 g/mol. The molecule has 1 aliphatic rings. The number of aromatic nitrogens is 3. The lowest BCUT2D eigenvalue weighted by Gasteiger charge is -2.12. The second-order valence-corrected chi connectivity index (χ2v) is 5.70. The molecule has 0 aromatic carbocycles. The highest BCUT2D eigenvalue weighted by atomic mass is 127. The van der Waals surface area contributed by atoms with Gasteiger partial charge in [-0.25, -0.2) is 15.0 Å². The number of hydrogen-bond acceptors (Lipinski definition) is 3. The summed E-state index contributed by atoms with van der Waals surface area (Å²) in [5, 5.41) is 3.29. The molecule has 0 atom stereocenters. The lowest BCUT2D eigenvalue weighted by molar-refractivity contribution is 0.625. The molecule has 0 radical (unpaired) electrons. The molecule has 1 fully saturated rings. The molecule has 124 valence electrons. The van der Waals surface area contributed by atoms with Crippen LogP contribution in [-0.4, -0.2) is 26.5 Å². The molecule has 2 aromatic rings. The topological polar surface area (TPSA) is 81.1 Å². The van der Waals surface area contributed by atoms with Crippen molar-refractivity contribution in [3.05, 3.63) is 42.1 Å². The molecule has 0 bridgehead atoms. The van der Waals surface area contributed by atoms with E-state index in [-0.39, 0.29) is 24.0 Å². The maximum absolute atomic E-state index is 5.93. The summed E-state index contributed by atoms with van der Waals surface area (Å²) in [6.07, 6.45) is 10.5. The predicted molar refractivity (Wildman–Crippen MR) is 102 cm³/mol. The zero-order valence-corrected chi connectivity index (χ0v) is 15.6. The molecule has 0 saturated heterocycles. The Kier molecular flexibility index (Phi) is 6.37. The largest absolute Gasteiger partial charge is 0.370 e. The molecule has 3 N–H and O–H groups in total. The number of nitrogens with two attached hydrogens (primary N) is 1. The summed E-state index contributed by atoms with van der Waals surface area (Å²) in [4.78, 5) is 13.0. The Bertz CT molecular complexity index is 643. The summed E-state index contributed by atoms with van der Waals surface area (Å²) >= 11 is 0. The van der Waals surface area contributed by atoms with Gasteiger partial charge in [0, 0.05) is 24.6 Å². The standard InChI is InChI=1S/C16H22N6.HI/c1-12-18-8-9-22(12)15-7-6-13(10-19-15)11-20-16(17)21-14-4-2-3-5-14;/h6-10,14H,2-5,11H2,1H3,(H3,17,20,21);1H. The van der Waals surface area contributed by atoms with Gasteiger partial charge in [0.1, 0.15) is 11.6 Å². The van der Waals surface area contributed by atoms with Crippen molar-refractivity contribution in [3.8, 4) is 5.82 Å². The second-order valence-electron chi connectivity index (χ2n) is 5.70. The quantitative estimate of drug-likeness (QED) is 0.448. The Hall–Kier alpha value is -1.64. The van der Waals surface area contributed by atoms with Crippen molar-refractivity contribution in [2.45, 2.75) is 45.2 Å². The van der Waals surface area contributed by atoms with Gasteiger partial charge in [0.2, 0.25) is 0 Å². The van der Waals surface area contributed by atoms with E-state index in [2.05, 4.69) is 20.3 Å². The molecular weight excluding hydrogens is 403 g/mol. The van der Waals surface area contributed by atoms with Crippen LogP contribution < -0.4 is 11.1 Å². The molecule has 1 saturated carbocycles. The summed E-state index contributed by atoms with van der Waals surface area (Å²) in [5.74, 6) is 2.31. The van der Waals surface area contributed by atoms with Crippen LogP contribution in [0.15, 0.2) is 35.7 Å². The van der Waals surface area contributed by atoms with Crippen LogP contribution in [0.2, 0.25) is 0 Å². The zero-order chi connectivity index (χ0) is 15.4. The van der Waals surface area contributed by atoms with Crippen LogP contribution in [0.5, 0.6) is 0 Å². The average Bonchev–Trinajstić information content (AvgIpc) is 3.17. The van der Waals surface area contributed by atoms with E-state index in [9.17, 15) is 0 Å². The van der Waals surface area contributed by atoms with Gasteiger partial charge in [0.25, 0.3) is 0 Å². The molecular formula is C16H23IN6. The Morgan fingerprint density at radius 1 is 1.35 bits per heavy atom. The van der Waals surface area contributed by atoms with E-state index in [0.29, 0.717) is 18.5 Å². The van der Waals surface area contributed by atoms with Crippen LogP contribution in [0.1, 0.15) is 37.1 Å². The van der Waals surface area contributed by atoms with E-state index in [1.807, 2.05) is 36.0 Å². The molecule has 0 amide bonds. The first-order valence-electron chi connectivity index (χ1n) is 7.74. The summed E-state index contributed by atoms with van der Waals surface area (Å²) < 4.78 is 1.95. The number of pyridine rings is 1. The third kappa shape index (κ3) is 4.66. The van der Waals surface area contributed by atoms with Crippen molar-refractivity contribution in [2.75, 3.05) is 0 Å². The lowest BCUT2D eigenvalue weighted by Crippen LogP contribution is -2.38. The Morgan fingerprint density at radius 2 is 2.13 bits per heavy atom. The molecule has 2 aromatic heterocycles. The number of guanidine groups is 1. The van der Waals surface area contributed by atoms with E-state index in [4.69, 9.17) is 5.73 Å². The lowest BCUT2D eigenvalue weighted by atomic mass is 10.2. The highest BCUT2D eigenvalue weighted by molar-refractivity contribution is 14.0. The van der Waals surface area contributed by atoms with Gasteiger partial charge in [-0.3, -0.25) is 4.57 Å². The van der Waals surface area contributed by atoms with Crippen molar-refractivity contribution < 1.29 is 0 Å². The van der Waals surface area contributed by atoms with Crippen LogP contribution in [0.4, 0.5) is 0 Å². The van der Waals surface area contributed by atoms with Gasteiger partial charge in [0.15, 0.2) is 5.96 Å². The molecule has 3 rings (SSSR count). The summed E-state index contributed by atoms with van der Waals surface area (Å²) in [7, 11) is 0. The fraction of sp³-hybridized carbons (Fsp3) is 0.438. The number of aryl methyl sites for hydroxylation is 1. The summed E-state index contributed by atoms with van der Waals surface area (Å²) in [6, 6.07) is 4.49.